The minimum Gasteiger partial charge on any atom is -0.392 e. The van der Waals surface area contributed by atoms with Crippen LogP contribution in [0, 0.1) is 21.4 Å². The lowest BCUT2D eigenvalue weighted by Crippen LogP contribution is -2.43. The van der Waals surface area contributed by atoms with Gasteiger partial charge in [-0.1, -0.05) is 27.7 Å². The molecule has 1 aromatic heterocycles. The first-order valence-corrected chi connectivity index (χ1v) is 7.72. The Bertz CT molecular complexity index is 767. The van der Waals surface area contributed by atoms with Gasteiger partial charge in [-0.3, -0.25) is 20.0 Å². The number of amides is 1. The molecule has 130 valence electrons. The lowest BCUT2D eigenvalue weighted by atomic mass is 9.80. The molecule has 1 unspecified atom stereocenters. The van der Waals surface area contributed by atoms with Gasteiger partial charge in [-0.05, 0) is 12.0 Å². The normalized spacial score (nSPS) is 13.2. The molecule has 24 heavy (non-hydrogen) atoms. The number of carbonyl (C=O) groups excluding carboxylic acids is 1. The predicted molar refractivity (Wildman–Crippen MR) is 89.7 cm³/mol. The predicted octanol–water partition coefficient (Wildman–Crippen LogP) is 2.24. The topological polar surface area (TPSA) is 121 Å². The number of hydrogen-bond donors (Lipinski definition) is 3. The van der Waals surface area contributed by atoms with E-state index in [0.717, 1.165) is 0 Å². The van der Waals surface area contributed by atoms with Gasteiger partial charge < -0.3 is 10.4 Å². The van der Waals surface area contributed by atoms with Crippen LogP contribution in [-0.2, 0) is 0 Å². The summed E-state index contributed by atoms with van der Waals surface area (Å²) in [5.74, 6) is -0.378. The number of nitro benzene ring substituents is 1. The van der Waals surface area contributed by atoms with Crippen molar-refractivity contribution in [1.29, 1.82) is 0 Å². The molecule has 0 bridgehead atoms. The molecule has 0 aliphatic rings. The Morgan fingerprint density at radius 2 is 2.12 bits per heavy atom. The van der Waals surface area contributed by atoms with Gasteiger partial charge in [0.1, 0.15) is 0 Å². The number of hydrogen-bond acceptors (Lipinski definition) is 5. The lowest BCUT2D eigenvalue weighted by Gasteiger charge is -2.33. The number of rotatable bonds is 6. The van der Waals surface area contributed by atoms with Crippen molar-refractivity contribution in [3.05, 3.63) is 34.0 Å². The first-order valence-electron chi connectivity index (χ1n) is 7.72. The molecule has 3 N–H and O–H groups in total. The van der Waals surface area contributed by atoms with E-state index in [9.17, 15) is 20.0 Å². The molecule has 1 aromatic carbocycles. The summed E-state index contributed by atoms with van der Waals surface area (Å²) in [5, 5.41) is 30.9. The molecule has 8 nitrogen and oxygen atoms in total. The Labute approximate surface area is 139 Å². The number of benzene rings is 1. The monoisotopic (exact) mass is 334 g/mol. The molecule has 0 radical (unpaired) electrons. The highest BCUT2D eigenvalue weighted by molar-refractivity contribution is 6.05. The summed E-state index contributed by atoms with van der Waals surface area (Å²) >= 11 is 0. The van der Waals surface area contributed by atoms with Crippen LogP contribution in [0.2, 0.25) is 0 Å². The first kappa shape index (κ1) is 17.9. The van der Waals surface area contributed by atoms with Gasteiger partial charge in [-0.25, -0.2) is 0 Å². The molecular formula is C16H22N4O4. The first-order chi connectivity index (χ1) is 11.1. The summed E-state index contributed by atoms with van der Waals surface area (Å²) in [6, 6.07) is 4.19. The van der Waals surface area contributed by atoms with E-state index >= 15 is 0 Å². The quantitative estimate of drug-likeness (QED) is 0.552. The number of nitrogens with zero attached hydrogens (tertiary/aromatic N) is 2. The molecule has 1 atom stereocenters. The Balaban J connectivity index is 2.20. The Morgan fingerprint density at radius 3 is 2.71 bits per heavy atom. The largest absolute Gasteiger partial charge is 0.392 e. The fourth-order valence-electron chi connectivity index (χ4n) is 2.69. The number of non-ortho nitro benzene ring substituents is 1. The smallest absolute Gasteiger partial charge is 0.272 e. The van der Waals surface area contributed by atoms with Crippen molar-refractivity contribution in [3.8, 4) is 0 Å². The van der Waals surface area contributed by atoms with Crippen molar-refractivity contribution < 1.29 is 14.8 Å². The molecular weight excluding hydrogens is 312 g/mol. The van der Waals surface area contributed by atoms with Crippen LogP contribution in [0.4, 0.5) is 5.69 Å². The van der Waals surface area contributed by atoms with Gasteiger partial charge in [0.15, 0.2) is 5.69 Å². The Morgan fingerprint density at radius 1 is 1.46 bits per heavy atom. The van der Waals surface area contributed by atoms with Gasteiger partial charge in [-0.2, -0.15) is 5.10 Å². The second-order valence-electron chi connectivity index (χ2n) is 6.92. The molecule has 2 aromatic rings. The van der Waals surface area contributed by atoms with E-state index in [4.69, 9.17) is 0 Å². The zero-order valence-corrected chi connectivity index (χ0v) is 14.2. The average Bonchev–Trinajstić information content (AvgIpc) is 2.94. The third-order valence-corrected chi connectivity index (χ3v) is 4.11. The van der Waals surface area contributed by atoms with Crippen LogP contribution in [-0.4, -0.2) is 38.8 Å². The van der Waals surface area contributed by atoms with Crippen molar-refractivity contribution >= 4 is 22.5 Å². The van der Waals surface area contributed by atoms with E-state index in [1.165, 1.54) is 18.2 Å². The minimum absolute atomic E-state index is 0.0609. The Kier molecular flexibility index (Phi) is 4.88. The molecule has 8 heteroatoms. The number of aromatic amines is 1. The highest BCUT2D eigenvalue weighted by Gasteiger charge is 2.31. The van der Waals surface area contributed by atoms with E-state index in [1.807, 2.05) is 27.7 Å². The Hall–Kier alpha value is -2.48. The van der Waals surface area contributed by atoms with E-state index in [2.05, 4.69) is 15.5 Å². The van der Waals surface area contributed by atoms with Crippen molar-refractivity contribution in [3.63, 3.8) is 0 Å². The van der Waals surface area contributed by atoms with Crippen LogP contribution in [0.5, 0.6) is 0 Å². The van der Waals surface area contributed by atoms with Crippen LogP contribution in [0.3, 0.4) is 0 Å². The number of nitro groups is 1. The van der Waals surface area contributed by atoms with E-state index in [-0.39, 0.29) is 23.8 Å². The minimum atomic E-state index is -0.574. The van der Waals surface area contributed by atoms with Crippen LogP contribution in [0.25, 0.3) is 10.9 Å². The van der Waals surface area contributed by atoms with Crippen LogP contribution in [0.15, 0.2) is 18.2 Å². The van der Waals surface area contributed by atoms with Gasteiger partial charge in [0.2, 0.25) is 0 Å². The summed E-state index contributed by atoms with van der Waals surface area (Å²) in [4.78, 5) is 22.8. The zero-order valence-electron chi connectivity index (χ0n) is 14.2. The van der Waals surface area contributed by atoms with Crippen LogP contribution >= 0.6 is 0 Å². The van der Waals surface area contributed by atoms with Gasteiger partial charge >= 0.3 is 0 Å². The fraction of sp³-hybridized carbons (Fsp3) is 0.500. The van der Waals surface area contributed by atoms with Crippen LogP contribution in [0.1, 0.15) is 38.2 Å². The van der Waals surface area contributed by atoms with Crippen molar-refractivity contribution in [2.45, 2.75) is 33.8 Å². The standard InChI is InChI=1S/C16H22N4O4/c1-9(2)14(21)16(3,4)8-17-15(22)13-11-7-10(20(23)24)5-6-12(11)18-19-13/h5-7,9,14,21H,8H2,1-4H3,(H,17,22)(H,18,19). The lowest BCUT2D eigenvalue weighted by molar-refractivity contribution is -0.384. The van der Waals surface area contributed by atoms with E-state index in [1.54, 1.807) is 0 Å². The summed E-state index contributed by atoms with van der Waals surface area (Å²) in [6.07, 6.45) is -0.574. The summed E-state index contributed by atoms with van der Waals surface area (Å²) in [6.45, 7) is 7.81. The van der Waals surface area contributed by atoms with E-state index in [0.29, 0.717) is 10.9 Å². The number of fused-ring (bicyclic) bond motifs is 1. The summed E-state index contributed by atoms with van der Waals surface area (Å²) in [7, 11) is 0. The van der Waals surface area contributed by atoms with Gasteiger partial charge in [0, 0.05) is 29.5 Å². The second-order valence-corrected chi connectivity index (χ2v) is 6.92. The molecule has 0 aliphatic heterocycles. The number of aliphatic hydroxyl groups is 1. The highest BCUT2D eigenvalue weighted by atomic mass is 16.6. The molecule has 0 saturated carbocycles. The highest BCUT2D eigenvalue weighted by Crippen LogP contribution is 2.26. The molecule has 2 rings (SSSR count). The summed E-state index contributed by atoms with van der Waals surface area (Å²) < 4.78 is 0. The number of H-pyrrole nitrogens is 1. The van der Waals surface area contributed by atoms with Gasteiger partial charge in [0.05, 0.1) is 16.5 Å². The third kappa shape index (κ3) is 3.53. The molecule has 1 heterocycles. The van der Waals surface area contributed by atoms with Gasteiger partial charge in [0.25, 0.3) is 11.6 Å². The molecule has 1 amide bonds. The van der Waals surface area contributed by atoms with Crippen LogP contribution < -0.4 is 5.32 Å². The molecule has 0 fully saturated rings. The SMILES string of the molecule is CC(C)C(O)C(C)(C)CNC(=O)c1n[nH]c2ccc([N+](=O)[O-])cc12. The zero-order chi connectivity index (χ0) is 18.1. The fourth-order valence-corrected chi connectivity index (χ4v) is 2.69. The van der Waals surface area contributed by atoms with Crippen molar-refractivity contribution in [2.24, 2.45) is 11.3 Å². The molecule has 0 saturated heterocycles. The maximum atomic E-state index is 12.4. The number of nitrogens with one attached hydrogen (secondary N) is 2. The molecule has 0 spiro atoms. The van der Waals surface area contributed by atoms with Crippen molar-refractivity contribution in [1.82, 2.24) is 15.5 Å². The molecule has 0 aliphatic carbocycles. The van der Waals surface area contributed by atoms with Crippen molar-refractivity contribution in [2.75, 3.05) is 6.54 Å². The third-order valence-electron chi connectivity index (χ3n) is 4.11. The number of aliphatic hydroxyl groups excluding tert-OH is 1. The maximum Gasteiger partial charge on any atom is 0.272 e. The average molecular weight is 334 g/mol. The van der Waals surface area contributed by atoms with E-state index < -0.39 is 22.3 Å². The van der Waals surface area contributed by atoms with Gasteiger partial charge in [-0.15, -0.1) is 0 Å². The summed E-state index contributed by atoms with van der Waals surface area (Å²) in [5.41, 5.74) is 0.0337. The number of carbonyl (C=O) groups is 1. The number of aromatic nitrogens is 2. The second kappa shape index (κ2) is 6.56. The maximum absolute atomic E-state index is 12.4.